The third-order valence-corrected chi connectivity index (χ3v) is 4.14. The van der Waals surface area contributed by atoms with Gasteiger partial charge in [-0.1, -0.05) is 0 Å². The number of benzene rings is 1. The predicted molar refractivity (Wildman–Crippen MR) is 91.2 cm³/mol. The molecule has 0 spiro atoms. The fraction of sp³-hybridized carbons (Fsp3) is 0.333. The summed E-state index contributed by atoms with van der Waals surface area (Å²) in [5.74, 6) is 0.927. The Bertz CT molecular complexity index is 828. The van der Waals surface area contributed by atoms with E-state index < -0.39 is 0 Å². The highest BCUT2D eigenvalue weighted by Crippen LogP contribution is 2.27. The lowest BCUT2D eigenvalue weighted by molar-refractivity contribution is 0.0682. The molecule has 1 unspecified atom stereocenters. The second-order valence-corrected chi connectivity index (χ2v) is 6.00. The van der Waals surface area contributed by atoms with Gasteiger partial charge < -0.3 is 14.8 Å². The number of anilines is 1. The van der Waals surface area contributed by atoms with Gasteiger partial charge in [0.05, 0.1) is 24.0 Å². The Morgan fingerprint density at radius 2 is 2.36 bits per heavy atom. The molecule has 0 radical (unpaired) electrons. The average molecular weight is 342 g/mol. The number of hydrogen-bond acceptors (Lipinski definition) is 5. The summed E-state index contributed by atoms with van der Waals surface area (Å²) in [4.78, 5) is 8.61. The van der Waals surface area contributed by atoms with Crippen molar-refractivity contribution in [1.82, 2.24) is 14.4 Å². The van der Waals surface area contributed by atoms with Crippen LogP contribution >= 0.6 is 0 Å². The van der Waals surface area contributed by atoms with Gasteiger partial charge in [0.2, 0.25) is 5.78 Å². The first-order valence-corrected chi connectivity index (χ1v) is 8.34. The highest BCUT2D eigenvalue weighted by Gasteiger charge is 2.17. The minimum Gasteiger partial charge on any atom is -0.489 e. The molecule has 1 atom stereocenters. The molecule has 1 saturated heterocycles. The molecule has 1 aliphatic rings. The molecule has 0 bridgehead atoms. The molecule has 1 fully saturated rings. The first-order valence-electron chi connectivity index (χ1n) is 8.34. The van der Waals surface area contributed by atoms with E-state index in [4.69, 9.17) is 9.47 Å². The largest absolute Gasteiger partial charge is 0.489 e. The Kier molecular flexibility index (Phi) is 4.47. The van der Waals surface area contributed by atoms with Crippen molar-refractivity contribution in [3.05, 3.63) is 54.4 Å². The number of hydrogen-bond donors (Lipinski definition) is 1. The number of rotatable bonds is 6. The number of nitrogens with zero attached hydrogens (tertiary/aromatic N) is 3. The fourth-order valence-electron chi connectivity index (χ4n) is 2.88. The summed E-state index contributed by atoms with van der Waals surface area (Å²) < 4.78 is 26.9. The molecule has 25 heavy (non-hydrogen) atoms. The van der Waals surface area contributed by atoms with Crippen LogP contribution in [-0.4, -0.2) is 33.7 Å². The Morgan fingerprint density at radius 3 is 3.20 bits per heavy atom. The normalized spacial score (nSPS) is 17.1. The van der Waals surface area contributed by atoms with Crippen LogP contribution in [0.15, 0.2) is 42.9 Å². The van der Waals surface area contributed by atoms with Crippen LogP contribution in [0.25, 0.3) is 5.78 Å². The van der Waals surface area contributed by atoms with Crippen molar-refractivity contribution in [2.24, 2.45) is 0 Å². The van der Waals surface area contributed by atoms with E-state index in [-0.39, 0.29) is 11.9 Å². The van der Waals surface area contributed by atoms with Gasteiger partial charge in [0.25, 0.3) is 0 Å². The average Bonchev–Trinajstić information content (AvgIpc) is 3.28. The van der Waals surface area contributed by atoms with E-state index in [1.165, 1.54) is 12.1 Å². The molecule has 1 aliphatic heterocycles. The van der Waals surface area contributed by atoms with Crippen molar-refractivity contribution in [2.45, 2.75) is 25.5 Å². The molecule has 130 valence electrons. The lowest BCUT2D eigenvalue weighted by Gasteiger charge is -2.15. The van der Waals surface area contributed by atoms with Crippen LogP contribution < -0.4 is 10.1 Å². The third-order valence-electron chi connectivity index (χ3n) is 4.14. The highest BCUT2D eigenvalue weighted by atomic mass is 19.1. The molecule has 2 aromatic heterocycles. The molecular weight excluding hydrogens is 323 g/mol. The number of ether oxygens (including phenoxy) is 2. The van der Waals surface area contributed by atoms with Gasteiger partial charge in [-0.3, -0.25) is 4.40 Å². The maximum Gasteiger partial charge on any atom is 0.233 e. The van der Waals surface area contributed by atoms with Crippen LogP contribution in [0.1, 0.15) is 18.5 Å². The van der Waals surface area contributed by atoms with Crippen LogP contribution in [0, 0.1) is 5.82 Å². The van der Waals surface area contributed by atoms with Crippen molar-refractivity contribution in [3.8, 4) is 5.75 Å². The molecule has 3 aromatic rings. The molecule has 3 heterocycles. The van der Waals surface area contributed by atoms with E-state index in [1.54, 1.807) is 12.3 Å². The molecule has 6 nitrogen and oxygen atoms in total. The van der Waals surface area contributed by atoms with Crippen molar-refractivity contribution in [1.29, 1.82) is 0 Å². The number of imidazole rings is 1. The van der Waals surface area contributed by atoms with Crippen LogP contribution in [-0.2, 0) is 11.3 Å². The van der Waals surface area contributed by atoms with Crippen molar-refractivity contribution in [3.63, 3.8) is 0 Å². The number of halogens is 1. The number of fused-ring (bicyclic) bond motifs is 1. The Hall–Kier alpha value is -2.67. The van der Waals surface area contributed by atoms with Gasteiger partial charge in [-0.2, -0.15) is 0 Å². The lowest BCUT2D eigenvalue weighted by Crippen LogP contribution is -2.17. The SMILES string of the molecule is Fc1ccc(OCC2CCCO2)c(NCc2cn3cccnc3n2)c1. The van der Waals surface area contributed by atoms with Gasteiger partial charge in [-0.15, -0.1) is 0 Å². The quantitative estimate of drug-likeness (QED) is 0.746. The minimum absolute atomic E-state index is 0.113. The second-order valence-electron chi connectivity index (χ2n) is 6.00. The van der Waals surface area contributed by atoms with Crippen molar-refractivity contribution < 1.29 is 13.9 Å². The summed E-state index contributed by atoms with van der Waals surface area (Å²) in [7, 11) is 0. The first kappa shape index (κ1) is 15.8. The Labute approximate surface area is 144 Å². The van der Waals surface area contributed by atoms with Gasteiger partial charge in [-0.05, 0) is 31.0 Å². The molecule has 0 aliphatic carbocycles. The third kappa shape index (κ3) is 3.71. The fourth-order valence-corrected chi connectivity index (χ4v) is 2.88. The summed E-state index contributed by atoms with van der Waals surface area (Å²) >= 11 is 0. The number of nitrogens with one attached hydrogen (secondary N) is 1. The maximum atomic E-state index is 13.6. The summed E-state index contributed by atoms with van der Waals surface area (Å²) in [6.07, 6.45) is 7.65. The van der Waals surface area contributed by atoms with E-state index in [2.05, 4.69) is 15.3 Å². The predicted octanol–water partition coefficient (Wildman–Crippen LogP) is 3.04. The topological polar surface area (TPSA) is 60.7 Å². The zero-order valence-corrected chi connectivity index (χ0v) is 13.7. The van der Waals surface area contributed by atoms with Crippen molar-refractivity contribution >= 4 is 11.5 Å². The Morgan fingerprint density at radius 1 is 1.40 bits per heavy atom. The monoisotopic (exact) mass is 342 g/mol. The molecule has 1 aromatic carbocycles. The molecular formula is C18H19FN4O2. The summed E-state index contributed by atoms with van der Waals surface area (Å²) in [5, 5.41) is 3.20. The lowest BCUT2D eigenvalue weighted by atomic mass is 10.2. The van der Waals surface area contributed by atoms with Crippen LogP contribution in [0.3, 0.4) is 0 Å². The molecule has 0 saturated carbocycles. The van der Waals surface area contributed by atoms with Gasteiger partial charge in [0, 0.05) is 31.3 Å². The highest BCUT2D eigenvalue weighted by molar-refractivity contribution is 5.56. The zero-order valence-electron chi connectivity index (χ0n) is 13.7. The maximum absolute atomic E-state index is 13.6. The minimum atomic E-state index is -0.316. The molecule has 1 N–H and O–H groups in total. The van der Waals surface area contributed by atoms with Gasteiger partial charge in [-0.25, -0.2) is 14.4 Å². The van der Waals surface area contributed by atoms with Crippen LogP contribution in [0.5, 0.6) is 5.75 Å². The molecule has 0 amide bonds. The Balaban J connectivity index is 1.45. The van der Waals surface area contributed by atoms with Crippen LogP contribution in [0.2, 0.25) is 0 Å². The van der Waals surface area contributed by atoms with Gasteiger partial charge >= 0.3 is 0 Å². The summed E-state index contributed by atoms with van der Waals surface area (Å²) in [6.45, 7) is 1.70. The number of aromatic nitrogens is 3. The zero-order chi connectivity index (χ0) is 17.1. The van der Waals surface area contributed by atoms with E-state index in [9.17, 15) is 4.39 Å². The second kappa shape index (κ2) is 7.06. The van der Waals surface area contributed by atoms with E-state index in [1.807, 2.05) is 22.9 Å². The van der Waals surface area contributed by atoms with E-state index >= 15 is 0 Å². The summed E-state index contributed by atoms with van der Waals surface area (Å²) in [6, 6.07) is 6.30. The first-order chi connectivity index (χ1) is 12.3. The van der Waals surface area contributed by atoms with Gasteiger partial charge in [0.15, 0.2) is 0 Å². The summed E-state index contributed by atoms with van der Waals surface area (Å²) in [5.41, 5.74) is 1.41. The smallest absolute Gasteiger partial charge is 0.233 e. The van der Waals surface area contributed by atoms with Gasteiger partial charge in [0.1, 0.15) is 18.2 Å². The standard InChI is InChI=1S/C18H19FN4O2/c19-13-4-5-17(25-12-15-3-1-8-24-15)16(9-13)21-10-14-11-23-7-2-6-20-18(23)22-14/h2,4-7,9,11,15,21H,1,3,8,10,12H2. The van der Waals surface area contributed by atoms with Crippen LogP contribution in [0.4, 0.5) is 10.1 Å². The van der Waals surface area contributed by atoms with Crippen molar-refractivity contribution in [2.75, 3.05) is 18.5 Å². The van der Waals surface area contributed by atoms with E-state index in [0.717, 1.165) is 25.1 Å². The van der Waals surface area contributed by atoms with E-state index in [0.29, 0.717) is 30.4 Å². The molecule has 7 heteroatoms. The molecule has 4 rings (SSSR count).